The van der Waals surface area contributed by atoms with E-state index in [4.69, 9.17) is 39.1 Å². The summed E-state index contributed by atoms with van der Waals surface area (Å²) in [4.78, 5) is 12.2. The van der Waals surface area contributed by atoms with Gasteiger partial charge in [0.15, 0.2) is 5.56 Å². The van der Waals surface area contributed by atoms with Crippen LogP contribution in [0.25, 0.3) is 32.9 Å². The molecule has 0 unspecified atom stereocenters. The van der Waals surface area contributed by atoms with Crippen molar-refractivity contribution in [2.75, 3.05) is 0 Å². The molecule has 4 aromatic rings. The van der Waals surface area contributed by atoms with Gasteiger partial charge < -0.3 is 4.42 Å². The molecule has 28 heavy (non-hydrogen) atoms. The fourth-order valence-electron chi connectivity index (χ4n) is 2.32. The quantitative estimate of drug-likeness (QED) is 0.334. The summed E-state index contributed by atoms with van der Waals surface area (Å²) in [5, 5.41) is 4.05. The Morgan fingerprint density at radius 1 is 1.00 bits per heavy atom. The van der Waals surface area contributed by atoms with Gasteiger partial charge in [-0.2, -0.15) is 4.42 Å². The fraction of sp³-hybridized carbons (Fsp3) is 0. The molecule has 4 rings (SSSR count). The van der Waals surface area contributed by atoms with Crippen LogP contribution < -0.4 is 24.3 Å². The molecule has 2 aromatic heterocycles. The van der Waals surface area contributed by atoms with E-state index in [-0.39, 0.29) is 0 Å². The SMILES string of the molecule is O=c1oc2ccccc2cc1-c1csc(-c2ccc(Cl)cc2)[o+]1.[O-][Cl+3]([O-])([O-])[O-]. The van der Waals surface area contributed by atoms with E-state index in [0.717, 1.165) is 10.9 Å². The molecule has 144 valence electrons. The van der Waals surface area contributed by atoms with Gasteiger partial charge in [-0.25, -0.2) is 23.4 Å². The number of fused-ring (bicyclic) bond motifs is 1. The minimum atomic E-state index is -4.94. The van der Waals surface area contributed by atoms with Crippen molar-refractivity contribution in [2.45, 2.75) is 0 Å². The summed E-state index contributed by atoms with van der Waals surface area (Å²) in [6, 6.07) is 16.5. The number of para-hydroxylation sites is 1. The van der Waals surface area contributed by atoms with Gasteiger partial charge >= 0.3 is 16.5 Å². The predicted molar refractivity (Wildman–Crippen MR) is 92.9 cm³/mol. The van der Waals surface area contributed by atoms with Crippen LogP contribution in [0.5, 0.6) is 0 Å². The molecule has 0 amide bonds. The maximum Gasteiger partial charge on any atom is 0.417 e. The molecule has 2 aromatic carbocycles. The third-order valence-corrected chi connectivity index (χ3v) is 4.58. The molecular weight excluding hydrogens is 431 g/mol. The second-order valence-electron chi connectivity index (χ2n) is 5.36. The van der Waals surface area contributed by atoms with Gasteiger partial charge in [0.2, 0.25) is 0 Å². The van der Waals surface area contributed by atoms with Crippen molar-refractivity contribution < 1.29 is 37.7 Å². The average molecular weight is 441 g/mol. The summed E-state index contributed by atoms with van der Waals surface area (Å²) in [5.41, 5.74) is 1.48. The van der Waals surface area contributed by atoms with E-state index in [0.29, 0.717) is 27.0 Å². The largest absolute Gasteiger partial charge is 0.422 e. The second kappa shape index (κ2) is 8.38. The van der Waals surface area contributed by atoms with Crippen molar-refractivity contribution in [3.63, 3.8) is 0 Å². The van der Waals surface area contributed by atoms with Crippen molar-refractivity contribution in [3.05, 3.63) is 75.4 Å². The van der Waals surface area contributed by atoms with Gasteiger partial charge in [0, 0.05) is 10.4 Å². The number of rotatable bonds is 2. The van der Waals surface area contributed by atoms with E-state index < -0.39 is 15.9 Å². The van der Waals surface area contributed by atoms with Crippen LogP contribution in [0.1, 0.15) is 0 Å². The Hall–Kier alpha value is -2.30. The van der Waals surface area contributed by atoms with E-state index >= 15 is 0 Å². The highest BCUT2D eigenvalue weighted by atomic mass is 35.7. The highest BCUT2D eigenvalue weighted by molar-refractivity contribution is 7.13. The van der Waals surface area contributed by atoms with Crippen LogP contribution in [0.15, 0.2) is 73.6 Å². The molecule has 2 heterocycles. The van der Waals surface area contributed by atoms with Gasteiger partial charge in [0.1, 0.15) is 11.0 Å². The first-order valence-corrected chi connectivity index (χ1v) is 10.0. The molecule has 0 radical (unpaired) electrons. The lowest BCUT2D eigenvalue weighted by Gasteiger charge is -2.17. The molecule has 0 aliphatic carbocycles. The van der Waals surface area contributed by atoms with E-state index in [9.17, 15) is 4.79 Å². The van der Waals surface area contributed by atoms with Crippen LogP contribution in [0.4, 0.5) is 0 Å². The van der Waals surface area contributed by atoms with Crippen molar-refractivity contribution >= 4 is 33.9 Å². The zero-order valence-electron chi connectivity index (χ0n) is 13.8. The molecule has 0 aliphatic heterocycles. The predicted octanol–water partition coefficient (Wildman–Crippen LogP) is 0.960. The van der Waals surface area contributed by atoms with Crippen molar-refractivity contribution in [1.82, 2.24) is 0 Å². The maximum absolute atomic E-state index is 12.2. The number of benzene rings is 2. The molecule has 0 saturated carbocycles. The summed E-state index contributed by atoms with van der Waals surface area (Å²) in [5.74, 6) is 0.499. The highest BCUT2D eigenvalue weighted by Crippen LogP contribution is 2.32. The highest BCUT2D eigenvalue weighted by Gasteiger charge is 2.24. The van der Waals surface area contributed by atoms with Crippen molar-refractivity contribution in [1.29, 1.82) is 0 Å². The first kappa shape index (κ1) is 20.4. The first-order valence-electron chi connectivity index (χ1n) is 7.53. The first-order chi connectivity index (χ1) is 13.2. The maximum atomic E-state index is 12.2. The molecule has 0 aliphatic rings. The van der Waals surface area contributed by atoms with Gasteiger partial charge in [-0.15, -0.1) is 10.2 Å². The van der Waals surface area contributed by atoms with Crippen LogP contribution in [0, 0.1) is 10.2 Å². The van der Waals surface area contributed by atoms with Crippen LogP contribution in [0.3, 0.4) is 0 Å². The monoisotopic (exact) mass is 440 g/mol. The smallest absolute Gasteiger partial charge is 0.417 e. The van der Waals surface area contributed by atoms with Gasteiger partial charge in [-0.3, -0.25) is 0 Å². The summed E-state index contributed by atoms with van der Waals surface area (Å²) in [6.07, 6.45) is 0. The summed E-state index contributed by atoms with van der Waals surface area (Å²) >= 11 is 7.32. The Labute approximate surface area is 169 Å². The number of halogens is 2. The van der Waals surface area contributed by atoms with Gasteiger partial charge in [0.25, 0.3) is 0 Å². The summed E-state index contributed by atoms with van der Waals surface area (Å²) in [7, 11) is -4.94. The van der Waals surface area contributed by atoms with Crippen LogP contribution in [0.2, 0.25) is 5.02 Å². The van der Waals surface area contributed by atoms with Crippen molar-refractivity contribution in [2.24, 2.45) is 0 Å². The van der Waals surface area contributed by atoms with Gasteiger partial charge in [0.05, 0.1) is 5.56 Å². The topological polar surface area (TPSA) is 134 Å². The van der Waals surface area contributed by atoms with E-state index in [1.165, 1.54) is 11.3 Å². The molecule has 0 atom stereocenters. The lowest BCUT2D eigenvalue weighted by atomic mass is 10.1. The second-order valence-corrected chi connectivity index (χ2v) is 7.39. The van der Waals surface area contributed by atoms with Crippen LogP contribution >= 0.6 is 22.9 Å². The molecule has 10 heteroatoms. The molecule has 0 fully saturated rings. The molecular formula is C18H10Cl2O7S. The van der Waals surface area contributed by atoms with Gasteiger partial charge in [-0.1, -0.05) is 29.8 Å². The number of hydrogen-bond acceptors (Lipinski definition) is 7. The molecule has 0 spiro atoms. The van der Waals surface area contributed by atoms with E-state index in [1.54, 1.807) is 24.3 Å². The minimum Gasteiger partial charge on any atom is -0.422 e. The van der Waals surface area contributed by atoms with Crippen LogP contribution in [-0.4, -0.2) is 0 Å². The number of hydrogen-bond donors (Lipinski definition) is 0. The average Bonchev–Trinajstić information content (AvgIpc) is 3.10. The summed E-state index contributed by atoms with van der Waals surface area (Å²) < 4.78 is 45.2. The standard InChI is InChI=1S/C18H10ClO3S.ClHO4/c19-13-7-5-11(6-8-13)18-22-16(10-23-18)14-9-12-3-1-2-4-15(12)21-17(14)20;2-1(3,4)5/h1-10H;(H,2,3,4,5)/q+1;/p-1. The summed E-state index contributed by atoms with van der Waals surface area (Å²) in [6.45, 7) is 0. The Morgan fingerprint density at radius 3 is 2.32 bits per heavy atom. The lowest BCUT2D eigenvalue weighted by molar-refractivity contribution is -2.00. The minimum absolute atomic E-state index is 0.409. The third-order valence-electron chi connectivity index (χ3n) is 3.46. The normalized spacial score (nSPS) is 11.2. The lowest BCUT2D eigenvalue weighted by Crippen LogP contribution is -2.68. The zero-order chi connectivity index (χ0) is 20.3. The fourth-order valence-corrected chi connectivity index (χ4v) is 3.25. The third kappa shape index (κ3) is 5.37. The van der Waals surface area contributed by atoms with Crippen molar-refractivity contribution in [3.8, 4) is 22.0 Å². The van der Waals surface area contributed by atoms with E-state index in [2.05, 4.69) is 0 Å². The van der Waals surface area contributed by atoms with Gasteiger partial charge in [-0.05, 0) is 47.7 Å². The molecule has 0 saturated heterocycles. The molecule has 0 N–H and O–H groups in total. The Bertz CT molecular complexity index is 1140. The van der Waals surface area contributed by atoms with E-state index in [1.807, 2.05) is 35.7 Å². The zero-order valence-corrected chi connectivity index (χ0v) is 16.1. The Balaban J connectivity index is 0.000000403. The van der Waals surface area contributed by atoms with Crippen LogP contribution in [-0.2, 0) is 0 Å². The molecule has 7 nitrogen and oxygen atoms in total. The Kier molecular flexibility index (Phi) is 6.11. The Morgan fingerprint density at radius 2 is 1.64 bits per heavy atom. The molecule has 0 bridgehead atoms.